The Morgan fingerprint density at radius 3 is 3.00 bits per heavy atom. The number of nitrogens with zero attached hydrogens (tertiary/aromatic N) is 1. The van der Waals surface area contributed by atoms with Crippen molar-refractivity contribution < 1.29 is 9.90 Å². The molecule has 0 aromatic carbocycles. The number of carbonyl (C=O) groups excluding carboxylic acids is 1. The monoisotopic (exact) mass is 242 g/mol. The Kier molecular flexibility index (Phi) is 6.03. The second-order valence-corrected chi connectivity index (χ2v) is 4.67. The van der Waals surface area contributed by atoms with Crippen LogP contribution in [-0.4, -0.2) is 40.2 Å². The lowest BCUT2D eigenvalue weighted by atomic mass is 10.4. The van der Waals surface area contributed by atoms with E-state index >= 15 is 0 Å². The van der Waals surface area contributed by atoms with Gasteiger partial charge < -0.3 is 15.0 Å². The fourth-order valence-electron chi connectivity index (χ4n) is 1.29. The first-order valence-corrected chi connectivity index (χ1v) is 6.49. The molecule has 0 aliphatic rings. The van der Waals surface area contributed by atoms with E-state index in [0.717, 1.165) is 17.9 Å². The van der Waals surface area contributed by atoms with E-state index in [1.807, 2.05) is 19.3 Å². The van der Waals surface area contributed by atoms with Crippen LogP contribution in [0.1, 0.15) is 16.9 Å². The van der Waals surface area contributed by atoms with Crippen LogP contribution in [0.3, 0.4) is 0 Å². The fraction of sp³-hybridized carbons (Fsp3) is 0.545. The van der Waals surface area contributed by atoms with Gasteiger partial charge in [-0.05, 0) is 24.3 Å². The first-order chi connectivity index (χ1) is 7.75. The highest BCUT2D eigenvalue weighted by Gasteiger charge is 2.06. The Hall–Kier alpha value is -0.940. The van der Waals surface area contributed by atoms with Gasteiger partial charge in [0.2, 0.25) is 0 Å². The van der Waals surface area contributed by atoms with E-state index in [0.29, 0.717) is 12.2 Å². The summed E-state index contributed by atoms with van der Waals surface area (Å²) in [7, 11) is 1.85. The molecule has 0 aliphatic carbocycles. The molecule has 16 heavy (non-hydrogen) atoms. The average Bonchev–Trinajstić information content (AvgIpc) is 2.69. The molecule has 0 atom stereocenters. The van der Waals surface area contributed by atoms with E-state index in [-0.39, 0.29) is 12.5 Å². The van der Waals surface area contributed by atoms with E-state index in [9.17, 15) is 4.79 Å². The fourth-order valence-corrected chi connectivity index (χ4v) is 2.08. The zero-order chi connectivity index (χ0) is 11.8. The first-order valence-electron chi connectivity index (χ1n) is 5.34. The molecule has 0 saturated heterocycles. The number of carbonyl (C=O) groups is 1. The van der Waals surface area contributed by atoms with Crippen molar-refractivity contribution in [1.82, 2.24) is 9.88 Å². The van der Waals surface area contributed by atoms with Crippen molar-refractivity contribution in [3.05, 3.63) is 24.0 Å². The maximum absolute atomic E-state index is 11.6. The number of nitrogens with one attached hydrogen (secondary N) is 1. The minimum absolute atomic E-state index is 0.0322. The summed E-state index contributed by atoms with van der Waals surface area (Å²) < 4.78 is 1.80. The summed E-state index contributed by atoms with van der Waals surface area (Å²) in [6.07, 6.45) is 2.67. The predicted molar refractivity (Wildman–Crippen MR) is 66.8 cm³/mol. The Labute approximate surface area is 100 Å². The highest BCUT2D eigenvalue weighted by molar-refractivity contribution is 7.99. The number of rotatable bonds is 7. The highest BCUT2D eigenvalue weighted by atomic mass is 32.2. The van der Waals surface area contributed by atoms with Gasteiger partial charge >= 0.3 is 0 Å². The summed E-state index contributed by atoms with van der Waals surface area (Å²) in [4.78, 5) is 11.6. The molecule has 1 aromatic rings. The molecule has 5 heteroatoms. The third kappa shape index (κ3) is 4.28. The summed E-state index contributed by atoms with van der Waals surface area (Å²) in [6, 6.07) is 3.65. The summed E-state index contributed by atoms with van der Waals surface area (Å²) in [6.45, 7) is 0.906. The summed E-state index contributed by atoms with van der Waals surface area (Å²) >= 11 is 1.74. The van der Waals surface area contributed by atoms with Gasteiger partial charge in [0.25, 0.3) is 5.91 Å². The number of aliphatic hydroxyl groups excluding tert-OH is 1. The number of aryl methyl sites for hydroxylation is 1. The summed E-state index contributed by atoms with van der Waals surface area (Å²) in [5.74, 6) is 1.79. The molecule has 1 amide bonds. The van der Waals surface area contributed by atoms with Gasteiger partial charge in [0.1, 0.15) is 5.69 Å². The standard InChI is InChI=1S/C11H18N2O2S/c1-13-6-2-4-10(13)11(15)12-5-9-16-8-3-7-14/h2,4,6,14H,3,5,7-9H2,1H3,(H,12,15). The van der Waals surface area contributed by atoms with Crippen molar-refractivity contribution in [3.8, 4) is 0 Å². The average molecular weight is 242 g/mol. The van der Waals surface area contributed by atoms with Crippen LogP contribution in [0.2, 0.25) is 0 Å². The number of aromatic nitrogens is 1. The summed E-state index contributed by atoms with van der Waals surface area (Å²) in [5.41, 5.74) is 0.681. The molecule has 0 saturated carbocycles. The molecule has 0 spiro atoms. The molecule has 0 aliphatic heterocycles. The van der Waals surface area contributed by atoms with Crippen molar-refractivity contribution in [2.75, 3.05) is 24.7 Å². The maximum Gasteiger partial charge on any atom is 0.267 e. The number of amides is 1. The Morgan fingerprint density at radius 1 is 1.56 bits per heavy atom. The number of thioether (sulfide) groups is 1. The Morgan fingerprint density at radius 2 is 2.38 bits per heavy atom. The van der Waals surface area contributed by atoms with Crippen LogP contribution in [-0.2, 0) is 7.05 Å². The topological polar surface area (TPSA) is 54.3 Å². The quantitative estimate of drug-likeness (QED) is 0.698. The maximum atomic E-state index is 11.6. The third-order valence-electron chi connectivity index (χ3n) is 2.16. The van der Waals surface area contributed by atoms with Gasteiger partial charge in [-0.25, -0.2) is 0 Å². The number of hydrogen-bond donors (Lipinski definition) is 2. The molecule has 1 aromatic heterocycles. The largest absolute Gasteiger partial charge is 0.396 e. The molecule has 0 bridgehead atoms. The van der Waals surface area contributed by atoms with Crippen molar-refractivity contribution in [2.45, 2.75) is 6.42 Å². The van der Waals surface area contributed by atoms with Crippen LogP contribution < -0.4 is 5.32 Å². The van der Waals surface area contributed by atoms with Gasteiger partial charge in [-0.15, -0.1) is 0 Å². The highest BCUT2D eigenvalue weighted by Crippen LogP contribution is 2.01. The van der Waals surface area contributed by atoms with Crippen molar-refractivity contribution in [3.63, 3.8) is 0 Å². The van der Waals surface area contributed by atoms with Gasteiger partial charge in [0.15, 0.2) is 0 Å². The van der Waals surface area contributed by atoms with Crippen LogP contribution in [0, 0.1) is 0 Å². The summed E-state index contributed by atoms with van der Waals surface area (Å²) in [5, 5.41) is 11.4. The Bertz CT molecular complexity index is 326. The van der Waals surface area contributed by atoms with Crippen LogP contribution in [0.5, 0.6) is 0 Å². The van der Waals surface area contributed by atoms with Crippen molar-refractivity contribution in [2.24, 2.45) is 7.05 Å². The molecule has 90 valence electrons. The molecular formula is C11H18N2O2S. The van der Waals surface area contributed by atoms with Crippen LogP contribution in [0.4, 0.5) is 0 Å². The SMILES string of the molecule is Cn1cccc1C(=O)NCCSCCCO. The molecule has 4 nitrogen and oxygen atoms in total. The lowest BCUT2D eigenvalue weighted by Gasteiger charge is -2.05. The molecule has 1 rings (SSSR count). The molecular weight excluding hydrogens is 224 g/mol. The van der Waals surface area contributed by atoms with E-state index < -0.39 is 0 Å². The van der Waals surface area contributed by atoms with Gasteiger partial charge in [0.05, 0.1) is 0 Å². The molecule has 0 radical (unpaired) electrons. The van der Waals surface area contributed by atoms with E-state index in [4.69, 9.17) is 5.11 Å². The van der Waals surface area contributed by atoms with Crippen molar-refractivity contribution in [1.29, 1.82) is 0 Å². The lowest BCUT2D eigenvalue weighted by Crippen LogP contribution is -2.27. The second-order valence-electron chi connectivity index (χ2n) is 3.45. The van der Waals surface area contributed by atoms with Crippen LogP contribution in [0.25, 0.3) is 0 Å². The number of hydrogen-bond acceptors (Lipinski definition) is 3. The predicted octanol–water partition coefficient (Wildman–Crippen LogP) is 0.870. The zero-order valence-corrected chi connectivity index (χ0v) is 10.3. The van der Waals surface area contributed by atoms with E-state index in [1.165, 1.54) is 0 Å². The molecule has 0 unspecified atom stereocenters. The normalized spacial score (nSPS) is 10.4. The van der Waals surface area contributed by atoms with Crippen molar-refractivity contribution >= 4 is 17.7 Å². The van der Waals surface area contributed by atoms with Gasteiger partial charge in [0, 0.05) is 32.1 Å². The molecule has 1 heterocycles. The zero-order valence-electron chi connectivity index (χ0n) is 9.48. The van der Waals surface area contributed by atoms with Gasteiger partial charge in [-0.2, -0.15) is 11.8 Å². The second kappa shape index (κ2) is 7.35. The van der Waals surface area contributed by atoms with E-state index in [1.54, 1.807) is 22.4 Å². The molecule has 0 fully saturated rings. The minimum atomic E-state index is -0.0322. The minimum Gasteiger partial charge on any atom is -0.396 e. The molecule has 2 N–H and O–H groups in total. The van der Waals surface area contributed by atoms with E-state index in [2.05, 4.69) is 5.32 Å². The smallest absolute Gasteiger partial charge is 0.267 e. The van der Waals surface area contributed by atoms with Gasteiger partial charge in [-0.3, -0.25) is 4.79 Å². The first kappa shape index (κ1) is 13.1. The Balaban J connectivity index is 2.14. The lowest BCUT2D eigenvalue weighted by molar-refractivity contribution is 0.0948. The van der Waals surface area contributed by atoms with Crippen LogP contribution in [0.15, 0.2) is 18.3 Å². The number of aliphatic hydroxyl groups is 1. The third-order valence-corrected chi connectivity index (χ3v) is 3.23. The van der Waals surface area contributed by atoms with Gasteiger partial charge in [-0.1, -0.05) is 0 Å². The van der Waals surface area contributed by atoms with Crippen LogP contribution >= 0.6 is 11.8 Å².